The summed E-state index contributed by atoms with van der Waals surface area (Å²) in [7, 11) is -1.12. The molecule has 0 aliphatic rings. The molecule has 21 heavy (non-hydrogen) atoms. The van der Waals surface area contributed by atoms with Crippen molar-refractivity contribution in [2.75, 3.05) is 13.4 Å². The summed E-state index contributed by atoms with van der Waals surface area (Å²) in [6.07, 6.45) is 1.77. The fraction of sp³-hybridized carbons (Fsp3) is 0.429. The van der Waals surface area contributed by atoms with Gasteiger partial charge >= 0.3 is 0 Å². The highest BCUT2D eigenvalue weighted by atomic mass is 28.3. The maximum atomic E-state index is 11.4. The first-order valence-corrected chi connectivity index (χ1v) is 10.6. The van der Waals surface area contributed by atoms with Gasteiger partial charge in [-0.2, -0.15) is 0 Å². The fourth-order valence-corrected chi connectivity index (χ4v) is 2.56. The van der Waals surface area contributed by atoms with Crippen LogP contribution in [0.3, 0.4) is 0 Å². The normalized spacial score (nSPS) is 11.8. The molecule has 0 aromatic carbocycles. The molecule has 0 atom stereocenters. The monoisotopic (exact) mass is 307 g/mol. The number of nitrogens with zero attached hydrogens (tertiary/aromatic N) is 2. The second-order valence-electron chi connectivity index (χ2n) is 6.04. The fourth-order valence-electron chi connectivity index (χ4n) is 1.81. The number of hydrogen-bond acceptors (Lipinski definition) is 4. The molecule has 1 amide bonds. The van der Waals surface area contributed by atoms with Crippen molar-refractivity contribution < 1.29 is 14.3 Å². The van der Waals surface area contributed by atoms with Crippen molar-refractivity contribution in [1.29, 1.82) is 0 Å². The second kappa shape index (κ2) is 6.27. The Hall–Kier alpha value is -1.86. The molecule has 2 aromatic heterocycles. The van der Waals surface area contributed by atoms with Crippen LogP contribution >= 0.6 is 0 Å². The molecule has 2 heterocycles. The molecular weight excluding hydrogens is 286 g/mol. The minimum Gasteiger partial charge on any atom is -0.450 e. The van der Waals surface area contributed by atoms with Crippen molar-refractivity contribution >= 4 is 19.6 Å². The molecule has 0 saturated heterocycles. The maximum absolute atomic E-state index is 11.4. The van der Waals surface area contributed by atoms with Gasteiger partial charge in [0.2, 0.25) is 5.88 Å². The Kier molecular flexibility index (Phi) is 4.64. The van der Waals surface area contributed by atoms with Crippen molar-refractivity contribution in [3.63, 3.8) is 0 Å². The van der Waals surface area contributed by atoms with Gasteiger partial charge in [-0.3, -0.25) is 9.20 Å². The molecule has 6 nitrogen and oxygen atoms in total. The van der Waals surface area contributed by atoms with Gasteiger partial charge in [0.25, 0.3) is 5.91 Å². The number of primary amides is 1. The summed E-state index contributed by atoms with van der Waals surface area (Å²) < 4.78 is 12.7. The predicted octanol–water partition coefficient (Wildman–Crippen LogP) is 2.12. The topological polar surface area (TPSA) is 78.8 Å². The largest absolute Gasteiger partial charge is 0.450 e. The first kappa shape index (κ1) is 15.5. The maximum Gasteiger partial charge on any atom is 0.272 e. The lowest BCUT2D eigenvalue weighted by atomic mass is 10.4. The third-order valence-corrected chi connectivity index (χ3v) is 4.70. The average molecular weight is 307 g/mol. The smallest absolute Gasteiger partial charge is 0.272 e. The lowest BCUT2D eigenvalue weighted by molar-refractivity contribution is 0.0183. The first-order chi connectivity index (χ1) is 9.88. The third kappa shape index (κ3) is 4.05. The molecule has 0 saturated carbocycles. The van der Waals surface area contributed by atoms with Gasteiger partial charge in [0.1, 0.15) is 5.65 Å². The molecule has 2 rings (SSSR count). The highest BCUT2D eigenvalue weighted by Gasteiger charge is 2.18. The quantitative estimate of drug-likeness (QED) is 0.483. The number of nitrogens with two attached hydrogens (primary N) is 1. The second-order valence-corrected chi connectivity index (χ2v) is 11.7. The molecule has 0 unspecified atom stereocenters. The summed E-state index contributed by atoms with van der Waals surface area (Å²) in [5.74, 6) is -0.290. The van der Waals surface area contributed by atoms with Crippen LogP contribution in [0.25, 0.3) is 5.65 Å². The number of amides is 1. The molecule has 7 heteroatoms. The number of imidazole rings is 1. The van der Waals surface area contributed by atoms with Gasteiger partial charge in [0.15, 0.2) is 12.5 Å². The van der Waals surface area contributed by atoms with Crippen molar-refractivity contribution in [3.05, 3.63) is 30.1 Å². The molecule has 0 spiro atoms. The van der Waals surface area contributed by atoms with Crippen LogP contribution in [0.15, 0.2) is 24.4 Å². The SMILES string of the molecule is C[Si](C)(C)CCOCOc1c(C(N)=O)nc2ccccn12. The Morgan fingerprint density at radius 3 is 2.81 bits per heavy atom. The molecule has 0 bridgehead atoms. The van der Waals surface area contributed by atoms with Crippen molar-refractivity contribution in [1.82, 2.24) is 9.38 Å². The van der Waals surface area contributed by atoms with E-state index < -0.39 is 14.0 Å². The summed E-state index contributed by atoms with van der Waals surface area (Å²) >= 11 is 0. The lowest BCUT2D eigenvalue weighted by Crippen LogP contribution is -2.22. The number of rotatable bonds is 7. The van der Waals surface area contributed by atoms with Crippen LogP contribution in [0.1, 0.15) is 10.5 Å². The van der Waals surface area contributed by atoms with Gasteiger partial charge in [0.05, 0.1) is 0 Å². The first-order valence-electron chi connectivity index (χ1n) is 6.86. The molecule has 0 radical (unpaired) electrons. The Labute approximate surface area is 124 Å². The van der Waals surface area contributed by atoms with Gasteiger partial charge in [-0.15, -0.1) is 0 Å². The van der Waals surface area contributed by atoms with Crippen LogP contribution in [-0.4, -0.2) is 36.8 Å². The molecule has 114 valence electrons. The number of carbonyl (C=O) groups excluding carboxylic acids is 1. The van der Waals surface area contributed by atoms with Crippen LogP contribution in [0.4, 0.5) is 0 Å². The number of hydrogen-bond donors (Lipinski definition) is 1. The number of fused-ring (bicyclic) bond motifs is 1. The van der Waals surface area contributed by atoms with E-state index in [0.717, 1.165) is 6.04 Å². The Morgan fingerprint density at radius 1 is 1.38 bits per heavy atom. The van der Waals surface area contributed by atoms with E-state index in [1.165, 1.54) is 0 Å². The zero-order valence-corrected chi connectivity index (χ0v) is 13.6. The minimum atomic E-state index is -1.12. The van der Waals surface area contributed by atoms with E-state index in [9.17, 15) is 4.79 Å². The van der Waals surface area contributed by atoms with Gasteiger partial charge < -0.3 is 15.2 Å². The van der Waals surface area contributed by atoms with E-state index in [2.05, 4.69) is 24.6 Å². The molecule has 0 fully saturated rings. The summed E-state index contributed by atoms with van der Waals surface area (Å²) in [5.41, 5.74) is 6.07. The predicted molar refractivity (Wildman–Crippen MR) is 83.3 cm³/mol. The van der Waals surface area contributed by atoms with E-state index in [1.54, 1.807) is 16.7 Å². The molecule has 2 N–H and O–H groups in total. The minimum absolute atomic E-state index is 0.0768. The average Bonchev–Trinajstić information content (AvgIpc) is 2.76. The van der Waals surface area contributed by atoms with Crippen molar-refractivity contribution in [2.24, 2.45) is 5.73 Å². The summed E-state index contributed by atoms with van der Waals surface area (Å²) in [6.45, 7) is 7.58. The molecule has 2 aromatic rings. The van der Waals surface area contributed by atoms with Crippen molar-refractivity contribution in [2.45, 2.75) is 25.7 Å². The Bertz CT molecular complexity index is 634. The van der Waals surface area contributed by atoms with Gasteiger partial charge in [-0.05, 0) is 18.2 Å². The Balaban J connectivity index is 2.04. The van der Waals surface area contributed by atoms with Crippen LogP contribution in [0.2, 0.25) is 25.7 Å². The summed E-state index contributed by atoms with van der Waals surface area (Å²) in [6, 6.07) is 6.51. The van der Waals surface area contributed by atoms with Crippen LogP contribution < -0.4 is 10.5 Å². The highest BCUT2D eigenvalue weighted by Crippen LogP contribution is 2.20. The van der Waals surface area contributed by atoms with Gasteiger partial charge in [-0.1, -0.05) is 25.7 Å². The highest BCUT2D eigenvalue weighted by molar-refractivity contribution is 6.76. The van der Waals surface area contributed by atoms with Gasteiger partial charge in [0, 0.05) is 20.9 Å². The standard InChI is InChI=1S/C14H21N3O3Si/c1-21(2,3)9-8-19-10-20-14-12(13(15)18)16-11-6-4-5-7-17(11)14/h4-7H,8-10H2,1-3H3,(H2,15,18). The third-order valence-electron chi connectivity index (χ3n) is 2.99. The number of carbonyl (C=O) groups is 1. The van der Waals surface area contributed by atoms with E-state index in [1.807, 2.05) is 12.1 Å². The van der Waals surface area contributed by atoms with Crippen molar-refractivity contribution in [3.8, 4) is 5.88 Å². The van der Waals surface area contributed by atoms with E-state index >= 15 is 0 Å². The molecular formula is C14H21N3O3Si. The lowest BCUT2D eigenvalue weighted by Gasteiger charge is -2.15. The van der Waals surface area contributed by atoms with Crippen LogP contribution in [0.5, 0.6) is 5.88 Å². The molecule has 0 aliphatic carbocycles. The zero-order valence-electron chi connectivity index (χ0n) is 12.6. The van der Waals surface area contributed by atoms with E-state index in [4.69, 9.17) is 15.2 Å². The Morgan fingerprint density at radius 2 is 2.14 bits per heavy atom. The summed E-state index contributed by atoms with van der Waals surface area (Å²) in [4.78, 5) is 15.6. The van der Waals surface area contributed by atoms with Crippen LogP contribution in [-0.2, 0) is 4.74 Å². The summed E-state index contributed by atoms with van der Waals surface area (Å²) in [5, 5.41) is 0. The van der Waals surface area contributed by atoms with E-state index in [0.29, 0.717) is 18.1 Å². The van der Waals surface area contributed by atoms with E-state index in [-0.39, 0.29) is 12.5 Å². The van der Waals surface area contributed by atoms with Crippen LogP contribution in [0, 0.1) is 0 Å². The number of pyridine rings is 1. The molecule has 0 aliphatic heterocycles. The number of aromatic nitrogens is 2. The number of ether oxygens (including phenoxy) is 2. The zero-order chi connectivity index (χ0) is 15.5. The van der Waals surface area contributed by atoms with Gasteiger partial charge in [-0.25, -0.2) is 4.98 Å².